The number of furan rings is 1. The number of oxime groups is 1. The van der Waals surface area contributed by atoms with Gasteiger partial charge in [0.05, 0.1) is 6.26 Å². The minimum absolute atomic E-state index is 0.0325. The van der Waals surface area contributed by atoms with Crippen molar-refractivity contribution >= 4 is 11.8 Å². The van der Waals surface area contributed by atoms with Gasteiger partial charge >= 0.3 is 5.97 Å². The first-order chi connectivity index (χ1) is 8.68. The Morgan fingerprint density at radius 3 is 2.89 bits per heavy atom. The maximum Gasteiger partial charge on any atom is 0.369 e. The summed E-state index contributed by atoms with van der Waals surface area (Å²) in [5, 5.41) is 3.53. The van der Waals surface area contributed by atoms with Crippen LogP contribution >= 0.6 is 0 Å². The van der Waals surface area contributed by atoms with Gasteiger partial charge in [-0.15, -0.1) is 0 Å². The molecule has 0 aromatic carbocycles. The monoisotopic (exact) mass is 245 g/mol. The van der Waals surface area contributed by atoms with Gasteiger partial charge in [-0.05, 0) is 25.1 Å². The van der Waals surface area contributed by atoms with E-state index >= 15 is 0 Å². The minimum Gasteiger partial charge on any atom is -0.469 e. The molecule has 0 bridgehead atoms. The number of hydrogen-bond donors (Lipinski definition) is 1. The molecule has 0 saturated carbocycles. The van der Waals surface area contributed by atoms with E-state index in [-0.39, 0.29) is 5.84 Å². The van der Waals surface area contributed by atoms with E-state index in [2.05, 4.69) is 10.1 Å². The molecule has 6 nitrogen and oxygen atoms in total. The number of aryl methyl sites for hydroxylation is 1. The SMILES string of the molecule is Cc1occc1C(=O)O/N=C(\N)c1ccccn1. The Labute approximate surface area is 103 Å². The van der Waals surface area contributed by atoms with Crippen molar-refractivity contribution < 1.29 is 14.0 Å². The summed E-state index contributed by atoms with van der Waals surface area (Å²) in [6.07, 6.45) is 2.97. The van der Waals surface area contributed by atoms with Crippen LogP contribution in [0.3, 0.4) is 0 Å². The highest BCUT2D eigenvalue weighted by molar-refractivity contribution is 5.96. The van der Waals surface area contributed by atoms with Crippen LogP contribution in [0.25, 0.3) is 0 Å². The topological polar surface area (TPSA) is 90.7 Å². The Balaban J connectivity index is 2.08. The third-order valence-corrected chi connectivity index (χ3v) is 2.23. The Hall–Kier alpha value is -2.63. The second-order valence-corrected chi connectivity index (χ2v) is 3.46. The molecular formula is C12H11N3O3. The Morgan fingerprint density at radius 1 is 1.44 bits per heavy atom. The molecule has 0 aliphatic heterocycles. The molecule has 0 radical (unpaired) electrons. The fourth-order valence-corrected chi connectivity index (χ4v) is 1.30. The van der Waals surface area contributed by atoms with Crippen LogP contribution in [-0.4, -0.2) is 16.8 Å². The van der Waals surface area contributed by atoms with Crippen molar-refractivity contribution in [3.8, 4) is 0 Å². The summed E-state index contributed by atoms with van der Waals surface area (Å²) in [4.78, 5) is 20.3. The summed E-state index contributed by atoms with van der Waals surface area (Å²) in [6, 6.07) is 6.67. The minimum atomic E-state index is -0.625. The third-order valence-electron chi connectivity index (χ3n) is 2.23. The van der Waals surface area contributed by atoms with E-state index < -0.39 is 5.97 Å². The lowest BCUT2D eigenvalue weighted by atomic mass is 10.3. The molecule has 0 aliphatic carbocycles. The summed E-state index contributed by atoms with van der Waals surface area (Å²) in [7, 11) is 0. The molecule has 2 rings (SSSR count). The van der Waals surface area contributed by atoms with Gasteiger partial charge in [-0.3, -0.25) is 4.98 Å². The van der Waals surface area contributed by atoms with Gasteiger partial charge in [0, 0.05) is 6.20 Å². The molecule has 92 valence electrons. The fourth-order valence-electron chi connectivity index (χ4n) is 1.30. The number of nitrogens with zero attached hydrogens (tertiary/aromatic N) is 2. The molecule has 0 amide bonds. The maximum absolute atomic E-state index is 11.6. The normalized spacial score (nSPS) is 11.3. The van der Waals surface area contributed by atoms with Crippen molar-refractivity contribution in [3.05, 3.63) is 53.7 Å². The van der Waals surface area contributed by atoms with Crippen molar-refractivity contribution in [1.29, 1.82) is 0 Å². The van der Waals surface area contributed by atoms with Gasteiger partial charge in [0.25, 0.3) is 0 Å². The number of nitrogens with two attached hydrogens (primary N) is 1. The number of carbonyl (C=O) groups is 1. The molecule has 2 N–H and O–H groups in total. The molecule has 0 spiro atoms. The van der Waals surface area contributed by atoms with Crippen LogP contribution in [0, 0.1) is 6.92 Å². The molecule has 2 aromatic heterocycles. The molecule has 0 aliphatic rings. The van der Waals surface area contributed by atoms with Gasteiger partial charge < -0.3 is 15.0 Å². The predicted molar refractivity (Wildman–Crippen MR) is 63.8 cm³/mol. The first-order valence-electron chi connectivity index (χ1n) is 5.19. The van der Waals surface area contributed by atoms with Crippen LogP contribution in [0.4, 0.5) is 0 Å². The van der Waals surface area contributed by atoms with Gasteiger partial charge in [0.15, 0.2) is 5.84 Å². The third kappa shape index (κ3) is 2.54. The largest absolute Gasteiger partial charge is 0.469 e. The van der Waals surface area contributed by atoms with E-state index in [0.717, 1.165) is 0 Å². The highest BCUT2D eigenvalue weighted by Crippen LogP contribution is 2.10. The van der Waals surface area contributed by atoms with Crippen molar-refractivity contribution in [3.63, 3.8) is 0 Å². The van der Waals surface area contributed by atoms with Crippen LogP contribution in [0.1, 0.15) is 21.8 Å². The highest BCUT2D eigenvalue weighted by atomic mass is 16.7. The van der Waals surface area contributed by atoms with Crippen LogP contribution in [-0.2, 0) is 4.84 Å². The fraction of sp³-hybridized carbons (Fsp3) is 0.0833. The number of rotatable bonds is 3. The Bertz CT molecular complexity index is 575. The molecule has 0 fully saturated rings. The zero-order chi connectivity index (χ0) is 13.0. The maximum atomic E-state index is 11.6. The Morgan fingerprint density at radius 2 is 2.28 bits per heavy atom. The number of hydrogen-bond acceptors (Lipinski definition) is 5. The van der Waals surface area contributed by atoms with E-state index in [4.69, 9.17) is 15.0 Å². The lowest BCUT2D eigenvalue weighted by molar-refractivity contribution is 0.0514. The van der Waals surface area contributed by atoms with Gasteiger partial charge in [-0.2, -0.15) is 0 Å². The average Bonchev–Trinajstić information content (AvgIpc) is 2.83. The summed E-state index contributed by atoms with van der Waals surface area (Å²) < 4.78 is 4.98. The average molecular weight is 245 g/mol. The molecular weight excluding hydrogens is 234 g/mol. The highest BCUT2D eigenvalue weighted by Gasteiger charge is 2.13. The van der Waals surface area contributed by atoms with E-state index in [9.17, 15) is 4.79 Å². The lowest BCUT2D eigenvalue weighted by Gasteiger charge is -1.99. The van der Waals surface area contributed by atoms with Crippen LogP contribution < -0.4 is 5.73 Å². The summed E-state index contributed by atoms with van der Waals surface area (Å²) >= 11 is 0. The van der Waals surface area contributed by atoms with E-state index in [1.165, 1.54) is 12.3 Å². The molecule has 0 saturated heterocycles. The quantitative estimate of drug-likeness (QED) is 0.382. The molecule has 2 aromatic rings. The number of aromatic nitrogens is 1. The summed E-state index contributed by atoms with van der Waals surface area (Å²) in [5.74, 6) is -0.128. The van der Waals surface area contributed by atoms with Crippen molar-refractivity contribution in [1.82, 2.24) is 4.98 Å². The molecule has 2 heterocycles. The zero-order valence-corrected chi connectivity index (χ0v) is 9.66. The molecule has 0 unspecified atom stereocenters. The first kappa shape index (κ1) is 11.8. The standard InChI is InChI=1S/C12H11N3O3/c1-8-9(5-7-17-8)12(16)18-15-11(13)10-4-2-3-6-14-10/h2-7H,1H3,(H2,13,15). The number of amidine groups is 1. The Kier molecular flexibility index (Phi) is 3.38. The van der Waals surface area contributed by atoms with E-state index in [1.807, 2.05) is 0 Å². The molecule has 0 atom stereocenters. The van der Waals surface area contributed by atoms with Crippen molar-refractivity contribution in [2.24, 2.45) is 10.9 Å². The van der Waals surface area contributed by atoms with Crippen molar-refractivity contribution in [2.45, 2.75) is 6.92 Å². The van der Waals surface area contributed by atoms with Crippen molar-refractivity contribution in [2.75, 3.05) is 0 Å². The number of pyridine rings is 1. The van der Waals surface area contributed by atoms with E-state index in [0.29, 0.717) is 17.0 Å². The lowest BCUT2D eigenvalue weighted by Crippen LogP contribution is -2.16. The zero-order valence-electron chi connectivity index (χ0n) is 9.66. The van der Waals surface area contributed by atoms with E-state index in [1.54, 1.807) is 31.3 Å². The van der Waals surface area contributed by atoms with Gasteiger partial charge in [0.1, 0.15) is 17.0 Å². The molecule has 18 heavy (non-hydrogen) atoms. The second kappa shape index (κ2) is 5.13. The van der Waals surface area contributed by atoms with Gasteiger partial charge in [0.2, 0.25) is 0 Å². The van der Waals surface area contributed by atoms with Crippen LogP contribution in [0.2, 0.25) is 0 Å². The molecule has 6 heteroatoms. The predicted octanol–water partition coefficient (Wildman–Crippen LogP) is 1.46. The smallest absolute Gasteiger partial charge is 0.369 e. The first-order valence-corrected chi connectivity index (χ1v) is 5.19. The van der Waals surface area contributed by atoms with Gasteiger partial charge in [-0.25, -0.2) is 4.79 Å². The summed E-state index contributed by atoms with van der Waals surface area (Å²) in [5.41, 5.74) is 6.37. The number of carbonyl (C=O) groups excluding carboxylic acids is 1. The van der Waals surface area contributed by atoms with Crippen LogP contribution in [0.15, 0.2) is 46.3 Å². The van der Waals surface area contributed by atoms with Crippen LogP contribution in [0.5, 0.6) is 0 Å². The van der Waals surface area contributed by atoms with Gasteiger partial charge in [-0.1, -0.05) is 11.2 Å². The second-order valence-electron chi connectivity index (χ2n) is 3.46. The summed E-state index contributed by atoms with van der Waals surface area (Å²) in [6.45, 7) is 1.66.